The van der Waals surface area contributed by atoms with E-state index >= 15 is 0 Å². The van der Waals surface area contributed by atoms with E-state index < -0.39 is 15.6 Å². The van der Waals surface area contributed by atoms with Crippen LogP contribution in [-0.2, 0) is 15.6 Å². The van der Waals surface area contributed by atoms with Gasteiger partial charge in [-0.3, -0.25) is 0 Å². The van der Waals surface area contributed by atoms with Crippen molar-refractivity contribution in [2.24, 2.45) is 0 Å². The summed E-state index contributed by atoms with van der Waals surface area (Å²) in [7, 11) is -3.38. The standard InChI is InChI=1S/C17H21BrN2O3S2/c1-17(2,21)13-5-6-15(14(18)12-13)19-7-9-20(10-8-19)25(22,23)16-4-3-11-24-16/h3-6,11-12,21H,7-10H2,1-2H3. The predicted molar refractivity (Wildman–Crippen MR) is 105 cm³/mol. The normalized spacial score (nSPS) is 17.0. The molecule has 8 heteroatoms. The van der Waals surface area contributed by atoms with E-state index in [0.29, 0.717) is 30.4 Å². The highest BCUT2D eigenvalue weighted by Crippen LogP contribution is 2.32. The van der Waals surface area contributed by atoms with Gasteiger partial charge in [0.1, 0.15) is 4.21 Å². The van der Waals surface area contributed by atoms with E-state index in [4.69, 9.17) is 0 Å². The summed E-state index contributed by atoms with van der Waals surface area (Å²) < 4.78 is 28.0. The largest absolute Gasteiger partial charge is 0.386 e. The van der Waals surface area contributed by atoms with Crippen molar-refractivity contribution in [2.45, 2.75) is 23.7 Å². The van der Waals surface area contributed by atoms with Crippen LogP contribution in [0.5, 0.6) is 0 Å². The number of aliphatic hydroxyl groups is 1. The first-order chi connectivity index (χ1) is 11.7. The van der Waals surface area contributed by atoms with E-state index in [1.54, 1.807) is 35.7 Å². The second-order valence-electron chi connectivity index (χ2n) is 6.55. The molecule has 2 heterocycles. The summed E-state index contributed by atoms with van der Waals surface area (Å²) >= 11 is 4.83. The van der Waals surface area contributed by atoms with E-state index in [9.17, 15) is 13.5 Å². The zero-order chi connectivity index (χ0) is 18.2. The second kappa shape index (κ2) is 7.00. The average Bonchev–Trinajstić information content (AvgIpc) is 3.09. The molecule has 0 radical (unpaired) electrons. The number of sulfonamides is 1. The first-order valence-corrected chi connectivity index (χ1v) is 11.1. The molecular formula is C17H21BrN2O3S2. The number of thiophene rings is 1. The van der Waals surface area contributed by atoms with Gasteiger partial charge in [-0.15, -0.1) is 11.3 Å². The van der Waals surface area contributed by atoms with Gasteiger partial charge in [0, 0.05) is 30.7 Å². The van der Waals surface area contributed by atoms with E-state index in [1.807, 2.05) is 18.2 Å². The molecular weight excluding hydrogens is 424 g/mol. The summed E-state index contributed by atoms with van der Waals surface area (Å²) in [5.41, 5.74) is 0.956. The van der Waals surface area contributed by atoms with Crippen LogP contribution in [0.2, 0.25) is 0 Å². The Hall–Kier alpha value is -0.930. The number of rotatable bonds is 4. The maximum atomic E-state index is 12.6. The highest BCUT2D eigenvalue weighted by atomic mass is 79.9. The van der Waals surface area contributed by atoms with Gasteiger partial charge in [0.25, 0.3) is 10.0 Å². The molecule has 0 saturated carbocycles. The number of anilines is 1. The lowest BCUT2D eigenvalue weighted by molar-refractivity contribution is 0.0785. The van der Waals surface area contributed by atoms with Crippen LogP contribution in [0, 0.1) is 0 Å². The molecule has 1 aliphatic rings. The van der Waals surface area contributed by atoms with Crippen molar-refractivity contribution in [2.75, 3.05) is 31.1 Å². The van der Waals surface area contributed by atoms with Gasteiger partial charge < -0.3 is 10.0 Å². The fraction of sp³-hybridized carbons (Fsp3) is 0.412. The van der Waals surface area contributed by atoms with Crippen LogP contribution in [0.4, 0.5) is 5.69 Å². The molecule has 1 N–H and O–H groups in total. The Labute approximate surface area is 161 Å². The maximum Gasteiger partial charge on any atom is 0.252 e. The van der Waals surface area contributed by atoms with Gasteiger partial charge in [-0.05, 0) is 58.9 Å². The van der Waals surface area contributed by atoms with Gasteiger partial charge in [0.15, 0.2) is 0 Å². The van der Waals surface area contributed by atoms with Crippen LogP contribution in [0.25, 0.3) is 0 Å². The van der Waals surface area contributed by atoms with Gasteiger partial charge >= 0.3 is 0 Å². The van der Waals surface area contributed by atoms with Crippen LogP contribution in [-0.4, -0.2) is 44.0 Å². The third-order valence-corrected chi connectivity index (χ3v) is 8.23. The van der Waals surface area contributed by atoms with Crippen molar-refractivity contribution in [1.29, 1.82) is 0 Å². The highest BCUT2D eigenvalue weighted by Gasteiger charge is 2.30. The summed E-state index contributed by atoms with van der Waals surface area (Å²) in [6.45, 7) is 5.68. The number of piperazine rings is 1. The van der Waals surface area contributed by atoms with Gasteiger partial charge in [-0.1, -0.05) is 12.1 Å². The minimum Gasteiger partial charge on any atom is -0.386 e. The molecule has 1 aromatic heterocycles. The SMILES string of the molecule is CC(C)(O)c1ccc(N2CCN(S(=O)(=O)c3cccs3)CC2)c(Br)c1. The molecule has 3 rings (SSSR count). The molecule has 1 saturated heterocycles. The molecule has 0 atom stereocenters. The van der Waals surface area contributed by atoms with E-state index in [2.05, 4.69) is 20.8 Å². The molecule has 1 fully saturated rings. The average molecular weight is 445 g/mol. The lowest BCUT2D eigenvalue weighted by Gasteiger charge is -2.36. The lowest BCUT2D eigenvalue weighted by atomic mass is 9.98. The Bertz CT molecular complexity index is 837. The number of halogens is 1. The lowest BCUT2D eigenvalue weighted by Crippen LogP contribution is -2.48. The molecule has 0 aliphatic carbocycles. The summed E-state index contributed by atoms with van der Waals surface area (Å²) in [6, 6.07) is 9.22. The van der Waals surface area contributed by atoms with E-state index in [1.165, 1.54) is 11.3 Å². The Balaban J connectivity index is 1.73. The van der Waals surface area contributed by atoms with Gasteiger partial charge in [0.2, 0.25) is 0 Å². The smallest absolute Gasteiger partial charge is 0.252 e. The maximum absolute atomic E-state index is 12.6. The van der Waals surface area contributed by atoms with Crippen molar-refractivity contribution >= 4 is 43.0 Å². The first kappa shape index (κ1) is 18.8. The van der Waals surface area contributed by atoms with Crippen LogP contribution >= 0.6 is 27.3 Å². The second-order valence-corrected chi connectivity index (χ2v) is 10.5. The van der Waals surface area contributed by atoms with Gasteiger partial charge in [-0.2, -0.15) is 4.31 Å². The highest BCUT2D eigenvalue weighted by molar-refractivity contribution is 9.10. The Kier molecular flexibility index (Phi) is 5.28. The Morgan fingerprint density at radius 1 is 1.16 bits per heavy atom. The molecule has 0 amide bonds. The molecule has 5 nitrogen and oxygen atoms in total. The molecule has 2 aromatic rings. The summed E-state index contributed by atoms with van der Waals surface area (Å²) in [5, 5.41) is 11.9. The molecule has 1 aromatic carbocycles. The third kappa shape index (κ3) is 3.93. The molecule has 0 spiro atoms. The molecule has 25 heavy (non-hydrogen) atoms. The van der Waals surface area contributed by atoms with Crippen molar-refractivity contribution in [3.05, 3.63) is 45.7 Å². The quantitative estimate of drug-likeness (QED) is 0.785. The van der Waals surface area contributed by atoms with Crippen molar-refractivity contribution in [3.63, 3.8) is 0 Å². The Morgan fingerprint density at radius 3 is 2.36 bits per heavy atom. The molecule has 136 valence electrons. The summed E-state index contributed by atoms with van der Waals surface area (Å²) in [5.74, 6) is 0. The predicted octanol–water partition coefficient (Wildman–Crippen LogP) is 3.25. The van der Waals surface area contributed by atoms with Gasteiger partial charge in [-0.25, -0.2) is 8.42 Å². The Morgan fingerprint density at radius 2 is 1.84 bits per heavy atom. The zero-order valence-electron chi connectivity index (χ0n) is 14.1. The van der Waals surface area contributed by atoms with Gasteiger partial charge in [0.05, 0.1) is 11.3 Å². The minimum atomic E-state index is -3.38. The number of benzene rings is 1. The topological polar surface area (TPSA) is 60.9 Å². The fourth-order valence-corrected chi connectivity index (χ4v) is 6.05. The van der Waals surface area contributed by atoms with Crippen molar-refractivity contribution in [1.82, 2.24) is 4.31 Å². The van der Waals surface area contributed by atoms with Crippen LogP contribution in [0.15, 0.2) is 44.4 Å². The molecule has 1 aliphatic heterocycles. The first-order valence-electron chi connectivity index (χ1n) is 8.00. The van der Waals surface area contributed by atoms with Crippen LogP contribution in [0.3, 0.4) is 0 Å². The fourth-order valence-electron chi connectivity index (χ4n) is 2.85. The summed E-state index contributed by atoms with van der Waals surface area (Å²) in [6.07, 6.45) is 0. The van der Waals surface area contributed by atoms with E-state index in [0.717, 1.165) is 15.7 Å². The molecule has 0 unspecified atom stereocenters. The van der Waals surface area contributed by atoms with Crippen molar-refractivity contribution in [3.8, 4) is 0 Å². The zero-order valence-corrected chi connectivity index (χ0v) is 17.4. The summed E-state index contributed by atoms with van der Waals surface area (Å²) in [4.78, 5) is 2.17. The molecule has 0 bridgehead atoms. The van der Waals surface area contributed by atoms with Crippen LogP contribution < -0.4 is 4.90 Å². The minimum absolute atomic E-state index is 0.400. The monoisotopic (exact) mass is 444 g/mol. The number of hydrogen-bond donors (Lipinski definition) is 1. The third-order valence-electron chi connectivity index (χ3n) is 4.32. The number of nitrogens with zero attached hydrogens (tertiary/aromatic N) is 2. The van der Waals surface area contributed by atoms with E-state index in [-0.39, 0.29) is 0 Å². The van der Waals surface area contributed by atoms with Crippen LogP contribution in [0.1, 0.15) is 19.4 Å². The number of hydrogen-bond acceptors (Lipinski definition) is 5. The van der Waals surface area contributed by atoms with Crippen molar-refractivity contribution < 1.29 is 13.5 Å².